The van der Waals surface area contributed by atoms with Crippen molar-refractivity contribution in [3.63, 3.8) is 0 Å². The lowest BCUT2D eigenvalue weighted by Crippen LogP contribution is -2.36. The molecule has 0 spiro atoms. The molecule has 0 radical (unpaired) electrons. The van der Waals surface area contributed by atoms with Crippen LogP contribution in [0.5, 0.6) is 0 Å². The van der Waals surface area contributed by atoms with Crippen molar-refractivity contribution in [2.24, 2.45) is 5.92 Å². The van der Waals surface area contributed by atoms with Gasteiger partial charge in [0.25, 0.3) is 0 Å². The topological polar surface area (TPSA) is 202 Å². The molecule has 0 fully saturated rings. The third-order valence-corrected chi connectivity index (χ3v) is 8.58. The molecule has 0 aliphatic carbocycles. The van der Waals surface area contributed by atoms with Gasteiger partial charge in [-0.1, -0.05) is 89.9 Å². The quantitative estimate of drug-likeness (QED) is 0.0447. The van der Waals surface area contributed by atoms with Crippen LogP contribution in [0.1, 0.15) is 155 Å². The fourth-order valence-corrected chi connectivity index (χ4v) is 5.59. The average molecular weight is 727 g/mol. The number of nitrogens with one attached hydrogen (secondary N) is 2. The normalized spacial score (nSPS) is 12.2. The molecule has 0 bridgehead atoms. The number of carboxylic acids is 2. The summed E-state index contributed by atoms with van der Waals surface area (Å²) >= 11 is 0. The number of rotatable bonds is 38. The number of carboxylic acid groups (broad SMARTS) is 2. The van der Waals surface area contributed by atoms with Crippen molar-refractivity contribution in [2.75, 3.05) is 33.0 Å². The molecular weight excluding hydrogens is 660 g/mol. The minimum absolute atomic E-state index is 0.0116. The van der Waals surface area contributed by atoms with Crippen LogP contribution in [0.2, 0.25) is 0 Å². The van der Waals surface area contributed by atoms with Gasteiger partial charge in [-0.25, -0.2) is 0 Å². The van der Waals surface area contributed by atoms with Gasteiger partial charge in [0.15, 0.2) is 5.78 Å². The van der Waals surface area contributed by atoms with Crippen LogP contribution in [0.3, 0.4) is 0 Å². The van der Waals surface area contributed by atoms with E-state index >= 15 is 0 Å². The van der Waals surface area contributed by atoms with Gasteiger partial charge in [0.1, 0.15) is 18.7 Å². The van der Waals surface area contributed by atoms with Gasteiger partial charge in [0.05, 0.1) is 31.8 Å². The third-order valence-electron chi connectivity index (χ3n) is 8.58. The van der Waals surface area contributed by atoms with Crippen molar-refractivity contribution < 1.29 is 53.2 Å². The first-order valence-electron chi connectivity index (χ1n) is 19.2. The van der Waals surface area contributed by atoms with Crippen molar-refractivity contribution in [3.05, 3.63) is 0 Å². The van der Waals surface area contributed by atoms with Crippen LogP contribution in [-0.2, 0) is 43.0 Å². The van der Waals surface area contributed by atoms with E-state index in [1.807, 2.05) is 0 Å². The fraction of sp³-hybridized carbons (Fsp3) is 0.816. The zero-order chi connectivity index (χ0) is 38.0. The highest BCUT2D eigenvalue weighted by Gasteiger charge is 2.23. The Morgan fingerprint density at radius 3 is 1.61 bits per heavy atom. The molecule has 0 aromatic carbocycles. The number of carbonyl (C=O) groups excluding carboxylic acids is 5. The molecule has 0 aromatic heterocycles. The predicted molar refractivity (Wildman–Crippen MR) is 193 cm³/mol. The Balaban J connectivity index is 3.87. The Hall–Kier alpha value is -3.19. The molecule has 4 N–H and O–H groups in total. The van der Waals surface area contributed by atoms with Crippen LogP contribution in [0.25, 0.3) is 0 Å². The first-order chi connectivity index (χ1) is 24.5. The highest BCUT2D eigenvalue weighted by Crippen LogP contribution is 2.16. The molecule has 51 heavy (non-hydrogen) atoms. The van der Waals surface area contributed by atoms with Crippen molar-refractivity contribution in [1.82, 2.24) is 10.6 Å². The number of hydrogen-bond donors (Lipinski definition) is 4. The lowest BCUT2D eigenvalue weighted by molar-refractivity contribution is -0.144. The zero-order valence-electron chi connectivity index (χ0n) is 31.1. The third kappa shape index (κ3) is 33.7. The van der Waals surface area contributed by atoms with E-state index in [0.29, 0.717) is 12.7 Å². The standard InChI is InChI=1S/C38H66N2O11/c1-31(42)30-51-27-26-50-25-24-39-35(44)23-20-32(38(48)49)28-34(43)22-21-33(29-41)40-36(45)18-16-14-12-10-8-6-4-2-3-5-7-9-11-13-15-17-19-37(46)47/h29,32-33H,2-28,30H2,1H3,(H,39,44)(H,40,45)(H,46,47)(H,48,49)/t32-,33?/m1/s1. The molecule has 0 aromatic rings. The van der Waals surface area contributed by atoms with Crippen LogP contribution in [0.4, 0.5) is 0 Å². The smallest absolute Gasteiger partial charge is 0.306 e. The molecule has 13 heteroatoms. The number of hydrogen-bond acceptors (Lipinski definition) is 9. The molecular formula is C38H66N2O11. The van der Waals surface area contributed by atoms with Gasteiger partial charge < -0.3 is 35.1 Å². The molecule has 13 nitrogen and oxygen atoms in total. The molecule has 1 unspecified atom stereocenters. The summed E-state index contributed by atoms with van der Waals surface area (Å²) < 4.78 is 10.3. The molecule has 0 saturated carbocycles. The van der Waals surface area contributed by atoms with Gasteiger partial charge in [-0.05, 0) is 32.6 Å². The number of aldehydes is 1. The second-order valence-corrected chi connectivity index (χ2v) is 13.4. The molecule has 0 rings (SSSR count). The van der Waals surface area contributed by atoms with E-state index in [-0.39, 0.29) is 94.9 Å². The largest absolute Gasteiger partial charge is 0.481 e. The van der Waals surface area contributed by atoms with E-state index < -0.39 is 23.9 Å². The Labute approximate surface area is 304 Å². The van der Waals surface area contributed by atoms with Crippen LogP contribution < -0.4 is 10.6 Å². The van der Waals surface area contributed by atoms with E-state index in [0.717, 1.165) is 44.9 Å². The van der Waals surface area contributed by atoms with Gasteiger partial charge in [0.2, 0.25) is 11.8 Å². The Morgan fingerprint density at radius 2 is 1.12 bits per heavy atom. The number of carbonyl (C=O) groups is 7. The molecule has 294 valence electrons. The summed E-state index contributed by atoms with van der Waals surface area (Å²) in [5.41, 5.74) is 0. The van der Waals surface area contributed by atoms with Crippen LogP contribution in [0.15, 0.2) is 0 Å². The van der Waals surface area contributed by atoms with Crippen molar-refractivity contribution in [3.8, 4) is 0 Å². The average Bonchev–Trinajstić information content (AvgIpc) is 3.08. The molecule has 0 saturated heterocycles. The van der Waals surface area contributed by atoms with Crippen molar-refractivity contribution in [2.45, 2.75) is 161 Å². The maximum Gasteiger partial charge on any atom is 0.306 e. The second-order valence-electron chi connectivity index (χ2n) is 13.4. The molecule has 2 atom stereocenters. The van der Waals surface area contributed by atoms with Gasteiger partial charge in [-0.15, -0.1) is 0 Å². The molecule has 0 heterocycles. The monoisotopic (exact) mass is 726 g/mol. The lowest BCUT2D eigenvalue weighted by atomic mass is 9.94. The van der Waals surface area contributed by atoms with Gasteiger partial charge in [-0.2, -0.15) is 0 Å². The summed E-state index contributed by atoms with van der Waals surface area (Å²) in [6.07, 6.45) is 18.9. The highest BCUT2D eigenvalue weighted by atomic mass is 16.5. The number of aliphatic carboxylic acids is 2. The summed E-state index contributed by atoms with van der Waals surface area (Å²) in [4.78, 5) is 81.3. The summed E-state index contributed by atoms with van der Waals surface area (Å²) in [5, 5.41) is 23.4. The maximum absolute atomic E-state index is 12.5. The van der Waals surface area contributed by atoms with E-state index in [2.05, 4.69) is 10.6 Å². The Morgan fingerprint density at radius 1 is 0.608 bits per heavy atom. The summed E-state index contributed by atoms with van der Waals surface area (Å²) in [6, 6.07) is -0.811. The number of unbranched alkanes of at least 4 members (excludes halogenated alkanes) is 15. The van der Waals surface area contributed by atoms with Crippen LogP contribution in [0, 0.1) is 5.92 Å². The van der Waals surface area contributed by atoms with Crippen molar-refractivity contribution in [1.29, 1.82) is 0 Å². The zero-order valence-corrected chi connectivity index (χ0v) is 31.1. The van der Waals surface area contributed by atoms with Gasteiger partial charge >= 0.3 is 11.9 Å². The van der Waals surface area contributed by atoms with Crippen LogP contribution in [-0.4, -0.2) is 90.8 Å². The minimum atomic E-state index is -1.17. The van der Waals surface area contributed by atoms with Crippen molar-refractivity contribution >= 4 is 41.6 Å². The SMILES string of the molecule is CC(=O)COCCOCCNC(=O)CC[C@H](CC(=O)CCC(C=O)NC(=O)CCCCCCCCCCCCCCCCCCC(=O)O)C(=O)O. The van der Waals surface area contributed by atoms with E-state index in [4.69, 9.17) is 14.6 Å². The number of amides is 2. The number of ketones is 2. The Bertz CT molecular complexity index is 989. The lowest BCUT2D eigenvalue weighted by Gasteiger charge is -2.14. The first kappa shape index (κ1) is 47.8. The maximum atomic E-state index is 12.5. The second kappa shape index (κ2) is 33.9. The molecule has 2 amide bonds. The van der Waals surface area contributed by atoms with Gasteiger partial charge in [0, 0.05) is 38.6 Å². The first-order valence-corrected chi connectivity index (χ1v) is 19.2. The highest BCUT2D eigenvalue weighted by molar-refractivity contribution is 5.85. The van der Waals surface area contributed by atoms with E-state index in [1.54, 1.807) is 0 Å². The van der Waals surface area contributed by atoms with E-state index in [1.165, 1.54) is 64.7 Å². The summed E-state index contributed by atoms with van der Waals surface area (Å²) in [5.74, 6) is -3.93. The summed E-state index contributed by atoms with van der Waals surface area (Å²) in [6.45, 7) is 2.43. The summed E-state index contributed by atoms with van der Waals surface area (Å²) in [7, 11) is 0. The van der Waals surface area contributed by atoms with Crippen LogP contribution >= 0.6 is 0 Å². The minimum Gasteiger partial charge on any atom is -0.481 e. The Kier molecular flexibility index (Phi) is 31.8. The number of ether oxygens (including phenoxy) is 2. The number of Topliss-reactive ketones (excluding diaryl/α,β-unsaturated/α-hetero) is 2. The van der Waals surface area contributed by atoms with Gasteiger partial charge in [-0.3, -0.25) is 28.8 Å². The fourth-order valence-electron chi connectivity index (χ4n) is 5.59. The van der Waals surface area contributed by atoms with E-state index in [9.17, 15) is 38.7 Å². The predicted octanol–water partition coefficient (Wildman–Crippen LogP) is 5.74. The molecule has 0 aliphatic rings. The molecule has 0 aliphatic heterocycles.